The molecule has 0 aromatic heterocycles. The summed E-state index contributed by atoms with van der Waals surface area (Å²) in [6.07, 6.45) is 14.1. The number of hydrogen-bond acceptors (Lipinski definition) is 1. The third-order valence-corrected chi connectivity index (χ3v) is 4.58. The lowest BCUT2D eigenvalue weighted by Crippen LogP contribution is -2.00. The van der Waals surface area contributed by atoms with E-state index in [9.17, 15) is 0 Å². The molecule has 0 aromatic carbocycles. The molecule has 21 heavy (non-hydrogen) atoms. The summed E-state index contributed by atoms with van der Waals surface area (Å²) in [4.78, 5) is 0. The van der Waals surface area contributed by atoms with Crippen molar-refractivity contribution in [2.45, 2.75) is 92.4 Å². The highest BCUT2D eigenvalue weighted by molar-refractivity contribution is 4.97. The Morgan fingerprint density at radius 3 is 1.76 bits per heavy atom. The van der Waals surface area contributed by atoms with Crippen LogP contribution < -0.4 is 0 Å². The summed E-state index contributed by atoms with van der Waals surface area (Å²) in [7, 11) is 0. The minimum atomic E-state index is 0.191. The molecule has 0 spiro atoms. The van der Waals surface area contributed by atoms with E-state index in [1.165, 1.54) is 56.9 Å². The molecular formula is C20H40O. The maximum absolute atomic E-state index is 8.83. The van der Waals surface area contributed by atoms with Crippen molar-refractivity contribution in [3.8, 4) is 0 Å². The van der Waals surface area contributed by atoms with Gasteiger partial charge in [0.2, 0.25) is 0 Å². The molecule has 1 N–H and O–H groups in total. The molecule has 0 aliphatic carbocycles. The van der Waals surface area contributed by atoms with Crippen LogP contribution in [0.15, 0.2) is 11.6 Å². The Kier molecular flexibility index (Phi) is 13.2. The van der Waals surface area contributed by atoms with E-state index in [1.54, 1.807) is 0 Å². The standard InChI is InChI=1S/C20H40O/c1-17(2)9-6-10-18(3)11-7-12-19(4)13-8-14-20(5)15-16-21/h15,17-19,21H,6-14,16H2,1-5H3/b20-15+/i6+1,7+1,8+1,9+1,11+1,13+1,15+1. The van der Waals surface area contributed by atoms with Gasteiger partial charge in [0.05, 0.1) is 6.61 Å². The van der Waals surface area contributed by atoms with Crippen molar-refractivity contribution in [2.24, 2.45) is 17.8 Å². The third-order valence-electron chi connectivity index (χ3n) is 4.58. The van der Waals surface area contributed by atoms with Crippen LogP contribution >= 0.6 is 0 Å². The van der Waals surface area contributed by atoms with Gasteiger partial charge < -0.3 is 5.11 Å². The van der Waals surface area contributed by atoms with Gasteiger partial charge in [-0.05, 0) is 37.5 Å². The van der Waals surface area contributed by atoms with E-state index in [0.717, 1.165) is 24.2 Å². The zero-order chi connectivity index (χ0) is 16.1. The van der Waals surface area contributed by atoms with Crippen molar-refractivity contribution in [3.63, 3.8) is 0 Å². The fourth-order valence-corrected chi connectivity index (χ4v) is 2.97. The van der Waals surface area contributed by atoms with Gasteiger partial charge in [-0.25, -0.2) is 0 Å². The summed E-state index contributed by atoms with van der Waals surface area (Å²) in [5.74, 6) is 2.63. The molecule has 1 heteroatoms. The molecule has 126 valence electrons. The van der Waals surface area contributed by atoms with Crippen molar-refractivity contribution in [3.05, 3.63) is 11.6 Å². The lowest BCUT2D eigenvalue weighted by atomic mass is 10.2. The topological polar surface area (TPSA) is 20.2 Å². The monoisotopic (exact) mass is 303 g/mol. The molecule has 0 fully saturated rings. The maximum atomic E-state index is 8.83. The first-order chi connectivity index (χ1) is 9.95. The van der Waals surface area contributed by atoms with Gasteiger partial charge in [0.25, 0.3) is 0 Å². The zero-order valence-electron chi connectivity index (χ0n) is 15.3. The molecule has 1 nitrogen and oxygen atoms in total. The molecule has 0 aliphatic rings. The Hall–Kier alpha value is -0.300. The van der Waals surface area contributed by atoms with Crippen LogP contribution in [0.4, 0.5) is 0 Å². The highest BCUT2D eigenvalue weighted by Crippen LogP contribution is 2.21. The van der Waals surface area contributed by atoms with Crippen LogP contribution in [0.3, 0.4) is 0 Å². The molecule has 0 bridgehead atoms. The van der Waals surface area contributed by atoms with Gasteiger partial charge in [0, 0.05) is 0 Å². The predicted octanol–water partition coefficient (Wildman–Crippen LogP) is 6.36. The first kappa shape index (κ1) is 20.7. The minimum absolute atomic E-state index is 0.191. The van der Waals surface area contributed by atoms with Gasteiger partial charge in [-0.3, -0.25) is 0 Å². The van der Waals surface area contributed by atoms with Crippen LogP contribution in [0.25, 0.3) is 0 Å². The van der Waals surface area contributed by atoms with Crippen molar-refractivity contribution in [2.75, 3.05) is 6.61 Å². The molecule has 0 amide bonds. The van der Waals surface area contributed by atoms with Gasteiger partial charge in [0.15, 0.2) is 0 Å². The SMILES string of the molecule is C/C(C[13CH2][13CH2]C(C)C[13CH2][13CH2]C(C)C[13CH2][13CH2]C(C)C)=[13CH]\CO. The molecule has 0 saturated carbocycles. The van der Waals surface area contributed by atoms with Gasteiger partial charge in [-0.1, -0.05) is 84.3 Å². The van der Waals surface area contributed by atoms with E-state index in [0.29, 0.717) is 0 Å². The maximum Gasteiger partial charge on any atom is 0.0614 e. The largest absolute Gasteiger partial charge is 0.392 e. The Morgan fingerprint density at radius 2 is 1.29 bits per heavy atom. The Balaban J connectivity index is 3.52. The van der Waals surface area contributed by atoms with E-state index in [1.807, 2.05) is 6.08 Å². The molecule has 2 unspecified atom stereocenters. The fourth-order valence-electron chi connectivity index (χ4n) is 2.97. The molecule has 0 radical (unpaired) electrons. The van der Waals surface area contributed by atoms with Gasteiger partial charge in [0.1, 0.15) is 0 Å². The summed E-state index contributed by atoms with van der Waals surface area (Å²) in [6.45, 7) is 11.8. The number of rotatable bonds is 13. The van der Waals surface area contributed by atoms with Crippen LogP contribution in [0.1, 0.15) is 92.4 Å². The molecule has 0 saturated heterocycles. The quantitative estimate of drug-likeness (QED) is 0.310. The molecule has 0 aromatic rings. The van der Waals surface area contributed by atoms with E-state index < -0.39 is 0 Å². The second kappa shape index (κ2) is 13.4. The number of allylic oxidation sites excluding steroid dienone is 1. The highest BCUT2D eigenvalue weighted by atomic mass is 16.3. The molecule has 0 rings (SSSR count). The number of aliphatic hydroxyl groups is 1. The zero-order valence-corrected chi connectivity index (χ0v) is 15.3. The van der Waals surface area contributed by atoms with Gasteiger partial charge >= 0.3 is 0 Å². The number of aliphatic hydroxyl groups excluding tert-OH is 1. The summed E-state index contributed by atoms with van der Waals surface area (Å²) in [5.41, 5.74) is 1.34. The first-order valence-electron chi connectivity index (χ1n) is 9.22. The highest BCUT2D eigenvalue weighted by Gasteiger charge is 2.06. The second-order valence-electron chi connectivity index (χ2n) is 7.59. The van der Waals surface area contributed by atoms with Crippen LogP contribution in [-0.2, 0) is 0 Å². The lowest BCUT2D eigenvalue weighted by Gasteiger charge is -2.15. The van der Waals surface area contributed by atoms with Crippen LogP contribution in [-0.4, -0.2) is 11.7 Å². The summed E-state index contributed by atoms with van der Waals surface area (Å²) in [6, 6.07) is 0. The van der Waals surface area contributed by atoms with Crippen molar-refractivity contribution in [1.82, 2.24) is 0 Å². The van der Waals surface area contributed by atoms with Crippen molar-refractivity contribution < 1.29 is 5.11 Å². The summed E-state index contributed by atoms with van der Waals surface area (Å²) in [5, 5.41) is 8.83. The van der Waals surface area contributed by atoms with Gasteiger partial charge in [-0.15, -0.1) is 0 Å². The molecule has 0 heterocycles. The molecule has 2 atom stereocenters. The van der Waals surface area contributed by atoms with E-state index in [4.69, 9.17) is 5.11 Å². The van der Waals surface area contributed by atoms with Gasteiger partial charge in [-0.2, -0.15) is 0 Å². The van der Waals surface area contributed by atoms with E-state index >= 15 is 0 Å². The van der Waals surface area contributed by atoms with E-state index in [2.05, 4.69) is 34.6 Å². The summed E-state index contributed by atoms with van der Waals surface area (Å²) < 4.78 is 0. The average Bonchev–Trinajstić information content (AvgIpc) is 2.38. The predicted molar refractivity (Wildman–Crippen MR) is 95.6 cm³/mol. The Bertz CT molecular complexity index is 255. The Labute approximate surface area is 134 Å². The minimum Gasteiger partial charge on any atom is -0.392 e. The second-order valence-corrected chi connectivity index (χ2v) is 7.59. The lowest BCUT2D eigenvalue weighted by molar-refractivity contribution is 0.341. The fraction of sp³-hybridized carbons (Fsp3) is 0.900. The van der Waals surface area contributed by atoms with Crippen molar-refractivity contribution in [1.29, 1.82) is 0 Å². The average molecular weight is 303 g/mol. The van der Waals surface area contributed by atoms with Crippen LogP contribution in [0.2, 0.25) is 0 Å². The number of hydrogen-bond donors (Lipinski definition) is 1. The Morgan fingerprint density at radius 1 is 0.810 bits per heavy atom. The third kappa shape index (κ3) is 14.4. The normalized spacial score (nSPS) is 15.5. The molecular weight excluding hydrogens is 263 g/mol. The molecule has 0 aliphatic heterocycles. The smallest absolute Gasteiger partial charge is 0.0614 e. The summed E-state index contributed by atoms with van der Waals surface area (Å²) >= 11 is 0. The van der Waals surface area contributed by atoms with Crippen molar-refractivity contribution >= 4 is 0 Å². The van der Waals surface area contributed by atoms with Crippen LogP contribution in [0.5, 0.6) is 0 Å². The van der Waals surface area contributed by atoms with E-state index in [-0.39, 0.29) is 6.61 Å². The van der Waals surface area contributed by atoms with Crippen LogP contribution in [0, 0.1) is 17.8 Å². The first-order valence-corrected chi connectivity index (χ1v) is 9.22.